The first-order valence-electron chi connectivity index (χ1n) is 28.6. The molecule has 2 N–H and O–H groups in total. The molecule has 68 heavy (non-hydrogen) atoms. The lowest BCUT2D eigenvalue weighted by Gasteiger charge is -2.21. The zero-order valence-electron chi connectivity index (χ0n) is 44.4. The van der Waals surface area contributed by atoms with Gasteiger partial charge in [-0.3, -0.25) is 23.4 Å². The molecular formula is C56H107O11P. The van der Waals surface area contributed by atoms with Gasteiger partial charge in [0.1, 0.15) is 12.7 Å². The van der Waals surface area contributed by atoms with Crippen LogP contribution in [0.4, 0.5) is 0 Å². The third kappa shape index (κ3) is 49.2. The second-order valence-electron chi connectivity index (χ2n) is 19.5. The van der Waals surface area contributed by atoms with Gasteiger partial charge in [-0.05, 0) is 44.9 Å². The molecule has 0 aromatic heterocycles. The van der Waals surface area contributed by atoms with Gasteiger partial charge in [0.05, 0.1) is 19.8 Å². The van der Waals surface area contributed by atoms with Crippen LogP contribution in [0, 0.1) is 0 Å². The Labute approximate surface area is 417 Å². The van der Waals surface area contributed by atoms with Gasteiger partial charge in [0.25, 0.3) is 0 Å². The molecule has 0 saturated carbocycles. The van der Waals surface area contributed by atoms with E-state index in [0.717, 1.165) is 64.2 Å². The number of hydrogen-bond donors (Lipinski definition) is 2. The Morgan fingerprint density at radius 3 is 1.01 bits per heavy atom. The number of phosphoric acid groups is 1. The number of carbonyl (C=O) groups is 3. The van der Waals surface area contributed by atoms with Gasteiger partial charge >= 0.3 is 25.7 Å². The summed E-state index contributed by atoms with van der Waals surface area (Å²) in [7, 11) is -4.73. The Balaban J connectivity index is 4.68. The minimum atomic E-state index is -4.73. The van der Waals surface area contributed by atoms with E-state index in [-0.39, 0.29) is 25.9 Å². The van der Waals surface area contributed by atoms with Crippen LogP contribution in [0.1, 0.15) is 290 Å². The molecular weight excluding hydrogens is 880 g/mol. The Morgan fingerprint density at radius 1 is 0.397 bits per heavy atom. The molecule has 0 aromatic rings. The normalized spacial score (nSPS) is 13.4. The van der Waals surface area contributed by atoms with Gasteiger partial charge in [0.2, 0.25) is 0 Å². The lowest BCUT2D eigenvalue weighted by atomic mass is 10.0. The van der Waals surface area contributed by atoms with E-state index in [1.807, 2.05) is 0 Å². The van der Waals surface area contributed by atoms with Crippen LogP contribution in [0.15, 0.2) is 12.2 Å². The summed E-state index contributed by atoms with van der Waals surface area (Å²) in [6.07, 6.45) is 48.9. The first-order valence-corrected chi connectivity index (χ1v) is 30.1. The second kappa shape index (κ2) is 51.6. The molecule has 0 aromatic carbocycles. The van der Waals surface area contributed by atoms with E-state index < -0.39 is 57.8 Å². The quantitative estimate of drug-likeness (QED) is 0.0197. The third-order valence-electron chi connectivity index (χ3n) is 12.7. The second-order valence-corrected chi connectivity index (χ2v) is 20.9. The third-order valence-corrected chi connectivity index (χ3v) is 13.6. The molecule has 0 aliphatic heterocycles. The van der Waals surface area contributed by atoms with E-state index in [0.29, 0.717) is 19.3 Å². The number of hydrogen-bond acceptors (Lipinski definition) is 10. The average molecular weight is 987 g/mol. The maximum absolute atomic E-state index is 12.9. The number of rotatable bonds is 54. The van der Waals surface area contributed by atoms with Crippen molar-refractivity contribution < 1.29 is 52.2 Å². The summed E-state index contributed by atoms with van der Waals surface area (Å²) in [5, 5.41) is 9.76. The van der Waals surface area contributed by atoms with Crippen LogP contribution in [0.2, 0.25) is 0 Å². The van der Waals surface area contributed by atoms with E-state index in [1.165, 1.54) is 167 Å². The predicted molar refractivity (Wildman–Crippen MR) is 280 cm³/mol. The number of phosphoric ester groups is 1. The van der Waals surface area contributed by atoms with Crippen molar-refractivity contribution in [3.63, 3.8) is 0 Å². The van der Waals surface area contributed by atoms with Crippen LogP contribution >= 0.6 is 7.82 Å². The lowest BCUT2D eigenvalue weighted by molar-refractivity contribution is -0.161. The molecule has 402 valence electrons. The Bertz CT molecular complexity index is 1200. The van der Waals surface area contributed by atoms with Crippen LogP contribution in [0.5, 0.6) is 0 Å². The van der Waals surface area contributed by atoms with Gasteiger partial charge in [0.15, 0.2) is 6.10 Å². The fourth-order valence-corrected chi connectivity index (χ4v) is 9.08. The first kappa shape index (κ1) is 66.2. The molecule has 0 bridgehead atoms. The molecule has 11 nitrogen and oxygen atoms in total. The van der Waals surface area contributed by atoms with Crippen molar-refractivity contribution in [2.24, 2.45) is 0 Å². The maximum atomic E-state index is 12.9. The highest BCUT2D eigenvalue weighted by molar-refractivity contribution is 7.47. The fourth-order valence-electron chi connectivity index (χ4n) is 8.29. The van der Waals surface area contributed by atoms with Crippen LogP contribution in [0.3, 0.4) is 0 Å². The van der Waals surface area contributed by atoms with Crippen molar-refractivity contribution in [1.29, 1.82) is 0 Å². The summed E-state index contributed by atoms with van der Waals surface area (Å²) in [4.78, 5) is 48.4. The molecule has 0 fully saturated rings. The number of ether oxygens (including phenoxy) is 3. The molecule has 0 aliphatic rings. The monoisotopic (exact) mass is 987 g/mol. The molecule has 0 amide bonds. The van der Waals surface area contributed by atoms with Crippen molar-refractivity contribution in [2.75, 3.05) is 26.4 Å². The molecule has 3 atom stereocenters. The molecule has 0 radical (unpaired) electrons. The molecule has 0 rings (SSSR count). The topological polar surface area (TPSA) is 155 Å². The van der Waals surface area contributed by atoms with Crippen molar-refractivity contribution >= 4 is 25.7 Å². The van der Waals surface area contributed by atoms with E-state index in [4.69, 9.17) is 23.3 Å². The smallest absolute Gasteiger partial charge is 0.462 e. The Hall–Kier alpha value is -1.78. The number of aliphatic hydroxyl groups is 1. The molecule has 12 heteroatoms. The molecule has 0 saturated heterocycles. The number of allylic oxidation sites excluding steroid dienone is 2. The molecule has 0 heterocycles. The minimum absolute atomic E-state index is 0.169. The van der Waals surface area contributed by atoms with Gasteiger partial charge in [-0.25, -0.2) is 4.57 Å². The number of esters is 3. The van der Waals surface area contributed by atoms with E-state index in [1.54, 1.807) is 0 Å². The van der Waals surface area contributed by atoms with Crippen molar-refractivity contribution in [3.05, 3.63) is 12.2 Å². The van der Waals surface area contributed by atoms with Crippen LogP contribution < -0.4 is 0 Å². The SMILES string of the molecule is CCCCCCCC/C=C\CCCCCCCCCC(=O)OC(COC(=O)CCCCCCCCCCCCCCCCC)COP(=O)(O)OCC(CO)OC(=O)CCCCCCCCCCC. The average Bonchev–Trinajstić information content (AvgIpc) is 3.32. The number of unbranched alkanes of at least 4 members (excludes halogenated alkanes) is 35. The minimum Gasteiger partial charge on any atom is -0.462 e. The summed E-state index contributed by atoms with van der Waals surface area (Å²) in [6, 6.07) is 0. The zero-order chi connectivity index (χ0) is 49.9. The lowest BCUT2D eigenvalue weighted by Crippen LogP contribution is -2.30. The maximum Gasteiger partial charge on any atom is 0.472 e. The zero-order valence-corrected chi connectivity index (χ0v) is 45.2. The summed E-state index contributed by atoms with van der Waals surface area (Å²) < 4.78 is 39.4. The van der Waals surface area contributed by atoms with Crippen molar-refractivity contribution in [2.45, 2.75) is 303 Å². The largest absolute Gasteiger partial charge is 0.472 e. The highest BCUT2D eigenvalue weighted by atomic mass is 31.2. The Morgan fingerprint density at radius 2 is 0.676 bits per heavy atom. The standard InChI is InChI=1S/C56H107O11P/c1-4-7-10-13-16-19-21-23-25-26-28-30-32-35-38-41-44-47-56(60)67-53(49-63-54(58)45-42-39-36-34-31-29-27-24-22-20-17-14-11-8-5-2)51-65-68(61,62)64-50-52(48-57)66-55(59)46-43-40-37-33-18-15-12-9-6-3/h23,25,52-53,57H,4-22,24,26-51H2,1-3H3,(H,61,62)/b25-23-. The summed E-state index contributed by atoms with van der Waals surface area (Å²) >= 11 is 0. The van der Waals surface area contributed by atoms with Gasteiger partial charge in [-0.1, -0.05) is 238 Å². The summed E-state index contributed by atoms with van der Waals surface area (Å²) in [5.41, 5.74) is 0. The molecule has 0 aliphatic carbocycles. The highest BCUT2D eigenvalue weighted by Crippen LogP contribution is 2.43. The van der Waals surface area contributed by atoms with Crippen LogP contribution in [-0.4, -0.2) is 66.5 Å². The number of aliphatic hydroxyl groups excluding tert-OH is 1. The van der Waals surface area contributed by atoms with Gasteiger partial charge in [-0.15, -0.1) is 0 Å². The predicted octanol–water partition coefficient (Wildman–Crippen LogP) is 16.5. The molecule has 0 spiro atoms. The number of carbonyl (C=O) groups excluding carboxylic acids is 3. The van der Waals surface area contributed by atoms with Crippen LogP contribution in [0.25, 0.3) is 0 Å². The highest BCUT2D eigenvalue weighted by Gasteiger charge is 2.28. The van der Waals surface area contributed by atoms with Crippen LogP contribution in [-0.2, 0) is 42.2 Å². The van der Waals surface area contributed by atoms with E-state index in [2.05, 4.69) is 32.9 Å². The van der Waals surface area contributed by atoms with Gasteiger partial charge in [-0.2, -0.15) is 0 Å². The van der Waals surface area contributed by atoms with Gasteiger partial charge < -0.3 is 24.2 Å². The molecule has 3 unspecified atom stereocenters. The van der Waals surface area contributed by atoms with Crippen molar-refractivity contribution in [1.82, 2.24) is 0 Å². The Kier molecular flexibility index (Phi) is 50.2. The summed E-state index contributed by atoms with van der Waals surface area (Å²) in [5.74, 6) is -1.44. The van der Waals surface area contributed by atoms with E-state index >= 15 is 0 Å². The summed E-state index contributed by atoms with van der Waals surface area (Å²) in [6.45, 7) is 4.66. The fraction of sp³-hybridized carbons (Fsp3) is 0.911. The van der Waals surface area contributed by atoms with Crippen molar-refractivity contribution in [3.8, 4) is 0 Å². The first-order chi connectivity index (χ1) is 33.2. The van der Waals surface area contributed by atoms with Gasteiger partial charge in [0, 0.05) is 19.3 Å². The van der Waals surface area contributed by atoms with E-state index in [9.17, 15) is 28.9 Å².